The number of nitrogens with zero attached hydrogens (tertiary/aromatic N) is 1. The third-order valence-corrected chi connectivity index (χ3v) is 8.16. The summed E-state index contributed by atoms with van der Waals surface area (Å²) in [6, 6.07) is 14.8. The van der Waals surface area contributed by atoms with Gasteiger partial charge in [-0.05, 0) is 48.9 Å². The van der Waals surface area contributed by atoms with E-state index in [0.29, 0.717) is 25.4 Å². The molecule has 0 saturated heterocycles. The van der Waals surface area contributed by atoms with Gasteiger partial charge in [0.05, 0.1) is 0 Å². The summed E-state index contributed by atoms with van der Waals surface area (Å²) in [5.74, 6) is -0.903. The largest absolute Gasteiger partial charge is 0.489 e. The van der Waals surface area contributed by atoms with Crippen LogP contribution in [0.4, 0.5) is 0 Å². The minimum atomic E-state index is -0.890. The average Bonchev–Trinajstić information content (AvgIpc) is 3.05. The Morgan fingerprint density at radius 3 is 1.83 bits per heavy atom. The molecule has 0 aliphatic rings. The number of unbranched alkanes of at least 4 members (excludes halogenated alkanes) is 6. The number of amides is 4. The number of nitrogens with one attached hydrogen (secondary N) is 3. The van der Waals surface area contributed by atoms with Crippen molar-refractivity contribution in [2.24, 2.45) is 5.92 Å². The number of carbonyl (C=O) groups excluding carboxylic acids is 4. The van der Waals surface area contributed by atoms with Crippen LogP contribution in [-0.4, -0.2) is 59.7 Å². The fraction of sp³-hybridized carbons (Fsp3) is 0.579. The molecule has 4 amide bonds. The topological polar surface area (TPSA) is 117 Å². The lowest BCUT2D eigenvalue weighted by atomic mass is 10.0. The third-order valence-electron chi connectivity index (χ3n) is 8.16. The fourth-order valence-electron chi connectivity index (χ4n) is 5.37. The molecule has 9 heteroatoms. The lowest BCUT2D eigenvalue weighted by molar-refractivity contribution is -0.137. The second kappa shape index (κ2) is 21.8. The number of carbonyl (C=O) groups is 4. The Kier molecular flexibility index (Phi) is 18.3. The highest BCUT2D eigenvalue weighted by molar-refractivity contribution is 5.94. The van der Waals surface area contributed by atoms with E-state index in [2.05, 4.69) is 29.8 Å². The first-order valence-corrected chi connectivity index (χ1v) is 17.5. The van der Waals surface area contributed by atoms with E-state index < -0.39 is 29.9 Å². The van der Waals surface area contributed by atoms with Crippen LogP contribution in [0.1, 0.15) is 104 Å². The summed E-state index contributed by atoms with van der Waals surface area (Å²) in [5.41, 5.74) is 1.89. The summed E-state index contributed by atoms with van der Waals surface area (Å²) >= 11 is 0. The molecule has 2 rings (SSSR count). The van der Waals surface area contributed by atoms with Crippen molar-refractivity contribution in [1.29, 1.82) is 0 Å². The van der Waals surface area contributed by atoms with Gasteiger partial charge in [-0.2, -0.15) is 0 Å². The summed E-state index contributed by atoms with van der Waals surface area (Å²) in [5, 5.41) is 8.44. The minimum Gasteiger partial charge on any atom is -0.489 e. The monoisotopic (exact) mass is 650 g/mol. The molecule has 47 heavy (non-hydrogen) atoms. The first kappa shape index (κ1) is 39.3. The van der Waals surface area contributed by atoms with E-state index in [0.717, 1.165) is 62.5 Å². The van der Waals surface area contributed by atoms with Gasteiger partial charge in [0.25, 0.3) is 0 Å². The maximum absolute atomic E-state index is 13.5. The standard InChI is InChI=1S/C38H58N4O5/c1-7-9-11-16-24-42(25-17-12-10-8-2)38(46)29(5)39-37(45)35(28(3)4)41-36(44)34(40-30(6)43)26-31-20-22-33(23-21-31)47-27-32-18-14-13-15-19-32/h13-15,18-23,28-29,34-35H,7-12,16-17,24-27H2,1-6H3,(H,39,45)(H,40,43)(H,41,44)/t29-,34-,35-/m0/s1. The van der Waals surface area contributed by atoms with Crippen LogP contribution in [0.15, 0.2) is 54.6 Å². The predicted octanol–water partition coefficient (Wildman–Crippen LogP) is 5.95. The van der Waals surface area contributed by atoms with Crippen molar-refractivity contribution in [1.82, 2.24) is 20.9 Å². The van der Waals surface area contributed by atoms with Gasteiger partial charge in [-0.15, -0.1) is 0 Å². The molecule has 2 aromatic rings. The Hall–Kier alpha value is -3.88. The molecule has 260 valence electrons. The number of benzene rings is 2. The molecule has 3 N–H and O–H groups in total. The van der Waals surface area contributed by atoms with Crippen molar-refractivity contribution in [3.63, 3.8) is 0 Å². The van der Waals surface area contributed by atoms with E-state index in [1.807, 2.05) is 73.3 Å². The van der Waals surface area contributed by atoms with Gasteiger partial charge in [-0.25, -0.2) is 0 Å². The van der Waals surface area contributed by atoms with E-state index in [1.54, 1.807) is 6.92 Å². The highest BCUT2D eigenvalue weighted by Gasteiger charge is 2.31. The van der Waals surface area contributed by atoms with Crippen LogP contribution in [0.25, 0.3) is 0 Å². The van der Waals surface area contributed by atoms with Gasteiger partial charge in [-0.1, -0.05) is 109 Å². The molecule has 9 nitrogen and oxygen atoms in total. The summed E-state index contributed by atoms with van der Waals surface area (Å²) in [7, 11) is 0. The quantitative estimate of drug-likeness (QED) is 0.136. The molecular weight excluding hydrogens is 592 g/mol. The molecule has 3 atom stereocenters. The summed E-state index contributed by atoms with van der Waals surface area (Å²) in [6.45, 7) is 12.9. The molecule has 0 aromatic heterocycles. The zero-order valence-corrected chi connectivity index (χ0v) is 29.5. The van der Waals surface area contributed by atoms with Crippen LogP contribution in [0.2, 0.25) is 0 Å². The molecule has 0 radical (unpaired) electrons. The second-order valence-corrected chi connectivity index (χ2v) is 12.8. The zero-order chi connectivity index (χ0) is 34.6. The maximum Gasteiger partial charge on any atom is 0.244 e. The average molecular weight is 651 g/mol. The zero-order valence-electron chi connectivity index (χ0n) is 29.5. The Bertz CT molecular complexity index is 1210. The molecule has 0 fully saturated rings. The van der Waals surface area contributed by atoms with Gasteiger partial charge in [0, 0.05) is 26.4 Å². The van der Waals surface area contributed by atoms with Crippen LogP contribution in [-0.2, 0) is 32.2 Å². The number of hydrogen-bond acceptors (Lipinski definition) is 5. The van der Waals surface area contributed by atoms with Gasteiger partial charge < -0.3 is 25.6 Å². The van der Waals surface area contributed by atoms with Gasteiger partial charge >= 0.3 is 0 Å². The van der Waals surface area contributed by atoms with E-state index in [-0.39, 0.29) is 24.2 Å². The molecule has 2 aromatic carbocycles. The van der Waals surface area contributed by atoms with Crippen LogP contribution in [0.3, 0.4) is 0 Å². The molecule has 0 unspecified atom stereocenters. The Morgan fingerprint density at radius 2 is 1.30 bits per heavy atom. The maximum atomic E-state index is 13.5. The predicted molar refractivity (Wildman–Crippen MR) is 188 cm³/mol. The highest BCUT2D eigenvalue weighted by Crippen LogP contribution is 2.16. The van der Waals surface area contributed by atoms with Crippen molar-refractivity contribution in [3.05, 3.63) is 65.7 Å². The van der Waals surface area contributed by atoms with Gasteiger partial charge in [0.1, 0.15) is 30.5 Å². The summed E-state index contributed by atoms with van der Waals surface area (Å²) in [6.07, 6.45) is 8.76. The third kappa shape index (κ3) is 15.0. The number of rotatable bonds is 22. The van der Waals surface area contributed by atoms with E-state index in [1.165, 1.54) is 6.92 Å². The first-order chi connectivity index (χ1) is 22.5. The summed E-state index contributed by atoms with van der Waals surface area (Å²) in [4.78, 5) is 54.3. The molecule has 0 aliphatic heterocycles. The lowest BCUT2D eigenvalue weighted by Gasteiger charge is -2.29. The fourth-order valence-corrected chi connectivity index (χ4v) is 5.37. The van der Waals surface area contributed by atoms with E-state index in [9.17, 15) is 19.2 Å². The van der Waals surface area contributed by atoms with Gasteiger partial charge in [-0.3, -0.25) is 19.2 Å². The van der Waals surface area contributed by atoms with Gasteiger partial charge in [0.2, 0.25) is 23.6 Å². The molecule has 0 heterocycles. The van der Waals surface area contributed by atoms with Crippen LogP contribution in [0.5, 0.6) is 5.75 Å². The van der Waals surface area contributed by atoms with Crippen molar-refractivity contribution < 1.29 is 23.9 Å². The number of ether oxygens (including phenoxy) is 1. The van der Waals surface area contributed by atoms with Crippen molar-refractivity contribution in [3.8, 4) is 5.75 Å². The second-order valence-electron chi connectivity index (χ2n) is 12.8. The molecule has 0 saturated carbocycles. The van der Waals surface area contributed by atoms with Crippen molar-refractivity contribution in [2.75, 3.05) is 13.1 Å². The lowest BCUT2D eigenvalue weighted by Crippen LogP contribution is -2.58. The smallest absolute Gasteiger partial charge is 0.244 e. The molecule has 0 aliphatic carbocycles. The molecular formula is C38H58N4O5. The van der Waals surface area contributed by atoms with E-state index >= 15 is 0 Å². The van der Waals surface area contributed by atoms with Gasteiger partial charge in [0.15, 0.2) is 0 Å². The minimum absolute atomic E-state index is 0.104. The summed E-state index contributed by atoms with van der Waals surface area (Å²) < 4.78 is 5.87. The molecule has 0 bridgehead atoms. The van der Waals surface area contributed by atoms with E-state index in [4.69, 9.17) is 4.74 Å². The SMILES string of the molecule is CCCCCCN(CCCCCC)C(=O)[C@H](C)NC(=O)[C@@H](NC(=O)[C@H](Cc1ccc(OCc2ccccc2)cc1)NC(C)=O)C(C)C. The Morgan fingerprint density at radius 1 is 0.702 bits per heavy atom. The first-order valence-electron chi connectivity index (χ1n) is 17.5. The Balaban J connectivity index is 2.04. The van der Waals surface area contributed by atoms with Crippen LogP contribution >= 0.6 is 0 Å². The highest BCUT2D eigenvalue weighted by atomic mass is 16.5. The van der Waals surface area contributed by atoms with Crippen LogP contribution < -0.4 is 20.7 Å². The normalized spacial score (nSPS) is 12.9. The Labute approximate surface area is 282 Å². The van der Waals surface area contributed by atoms with Crippen molar-refractivity contribution in [2.45, 2.75) is 124 Å². The molecule has 0 spiro atoms. The number of hydrogen-bond donors (Lipinski definition) is 3. The van der Waals surface area contributed by atoms with Crippen molar-refractivity contribution >= 4 is 23.6 Å². The van der Waals surface area contributed by atoms with Crippen LogP contribution in [0, 0.1) is 5.92 Å².